The highest BCUT2D eigenvalue weighted by atomic mass is 79.9. The number of nitrogens with zero attached hydrogens (tertiary/aromatic N) is 1. The maximum atomic E-state index is 13.9. The molecular formula is C28H22BrNO4. The van der Waals surface area contributed by atoms with E-state index in [0.29, 0.717) is 11.3 Å². The first kappa shape index (κ1) is 21.3. The summed E-state index contributed by atoms with van der Waals surface area (Å²) >= 11 is 4.00. The second-order valence-electron chi connectivity index (χ2n) is 9.38. The fourth-order valence-electron chi connectivity index (χ4n) is 5.96. The summed E-state index contributed by atoms with van der Waals surface area (Å²) in [5.74, 6) is -2.09. The lowest BCUT2D eigenvalue weighted by molar-refractivity contribution is -0.122. The molecule has 0 saturated carbocycles. The molecule has 1 fully saturated rings. The van der Waals surface area contributed by atoms with E-state index >= 15 is 0 Å². The van der Waals surface area contributed by atoms with Crippen molar-refractivity contribution < 1.29 is 19.1 Å². The van der Waals surface area contributed by atoms with Crippen LogP contribution in [0.1, 0.15) is 52.4 Å². The number of esters is 1. The number of rotatable bonds is 3. The second-order valence-corrected chi connectivity index (χ2v) is 10.6. The third kappa shape index (κ3) is 2.69. The van der Waals surface area contributed by atoms with Gasteiger partial charge in [-0.25, -0.2) is 9.69 Å². The van der Waals surface area contributed by atoms with E-state index in [1.807, 2.05) is 24.3 Å². The molecule has 2 amide bonds. The first-order chi connectivity index (χ1) is 16.3. The van der Waals surface area contributed by atoms with Gasteiger partial charge in [-0.2, -0.15) is 0 Å². The molecular weight excluding hydrogens is 494 g/mol. The number of halogens is 1. The van der Waals surface area contributed by atoms with Gasteiger partial charge in [-0.1, -0.05) is 64.5 Å². The van der Waals surface area contributed by atoms with Crippen molar-refractivity contribution in [2.24, 2.45) is 11.8 Å². The number of carbonyl (C=O) groups is 3. The normalized spacial score (nSPS) is 26.4. The van der Waals surface area contributed by atoms with Crippen molar-refractivity contribution in [3.63, 3.8) is 0 Å². The van der Waals surface area contributed by atoms with Crippen molar-refractivity contribution in [2.75, 3.05) is 4.90 Å². The molecule has 0 unspecified atom stereocenters. The molecule has 1 heterocycles. The van der Waals surface area contributed by atoms with Crippen molar-refractivity contribution in [3.8, 4) is 0 Å². The van der Waals surface area contributed by atoms with Crippen LogP contribution >= 0.6 is 15.9 Å². The van der Waals surface area contributed by atoms with Crippen molar-refractivity contribution in [1.29, 1.82) is 0 Å². The number of hydrogen-bond donors (Lipinski definition) is 0. The number of imide groups is 1. The van der Waals surface area contributed by atoms with Gasteiger partial charge in [0, 0.05) is 5.92 Å². The maximum absolute atomic E-state index is 13.9. The Bertz CT molecular complexity index is 1320. The van der Waals surface area contributed by atoms with Gasteiger partial charge in [-0.3, -0.25) is 9.59 Å². The Hall–Kier alpha value is -3.25. The molecule has 170 valence electrons. The summed E-state index contributed by atoms with van der Waals surface area (Å²) in [4.78, 5) is 41.3. The van der Waals surface area contributed by atoms with E-state index in [0.717, 1.165) is 22.3 Å². The number of ether oxygens (including phenoxy) is 1. The zero-order chi connectivity index (χ0) is 23.8. The van der Waals surface area contributed by atoms with Crippen LogP contribution in [0.25, 0.3) is 0 Å². The predicted octanol–water partition coefficient (Wildman–Crippen LogP) is 5.16. The van der Waals surface area contributed by atoms with Crippen molar-refractivity contribution >= 4 is 39.4 Å². The first-order valence-electron chi connectivity index (χ1n) is 11.4. The summed E-state index contributed by atoms with van der Waals surface area (Å²) in [5.41, 5.74) is 5.13. The molecule has 3 aromatic rings. The van der Waals surface area contributed by atoms with Gasteiger partial charge < -0.3 is 4.74 Å². The molecule has 34 heavy (non-hydrogen) atoms. The Labute approximate surface area is 205 Å². The molecule has 2 bridgehead atoms. The molecule has 0 N–H and O–H groups in total. The van der Waals surface area contributed by atoms with E-state index in [1.165, 1.54) is 4.90 Å². The monoisotopic (exact) mass is 515 g/mol. The molecule has 3 aliphatic carbocycles. The molecule has 0 radical (unpaired) electrons. The zero-order valence-electron chi connectivity index (χ0n) is 18.7. The second kappa shape index (κ2) is 7.37. The van der Waals surface area contributed by atoms with E-state index in [2.05, 4.69) is 40.2 Å². The van der Waals surface area contributed by atoms with Crippen LogP contribution in [-0.4, -0.2) is 23.9 Å². The number of amides is 2. The Morgan fingerprint density at radius 1 is 0.882 bits per heavy atom. The molecule has 1 aliphatic heterocycles. The van der Waals surface area contributed by atoms with E-state index in [4.69, 9.17) is 4.74 Å². The predicted molar refractivity (Wildman–Crippen MR) is 131 cm³/mol. The molecule has 5 nitrogen and oxygen atoms in total. The van der Waals surface area contributed by atoms with Crippen LogP contribution < -0.4 is 4.90 Å². The van der Waals surface area contributed by atoms with Crippen LogP contribution in [0.15, 0.2) is 72.8 Å². The van der Waals surface area contributed by atoms with Crippen molar-refractivity contribution in [3.05, 3.63) is 101 Å². The lowest BCUT2D eigenvalue weighted by atomic mass is 9.55. The first-order valence-corrected chi connectivity index (χ1v) is 12.2. The van der Waals surface area contributed by atoms with Crippen LogP contribution in [0.3, 0.4) is 0 Å². The van der Waals surface area contributed by atoms with E-state index in [1.54, 1.807) is 38.1 Å². The number of alkyl halides is 1. The summed E-state index contributed by atoms with van der Waals surface area (Å²) in [7, 11) is 0. The average Bonchev–Trinajstić information content (AvgIpc) is 3.10. The average molecular weight is 516 g/mol. The Morgan fingerprint density at radius 3 is 2.00 bits per heavy atom. The Morgan fingerprint density at radius 2 is 1.44 bits per heavy atom. The van der Waals surface area contributed by atoms with Gasteiger partial charge in [-0.05, 0) is 60.4 Å². The highest BCUT2D eigenvalue weighted by Gasteiger charge is 2.67. The van der Waals surface area contributed by atoms with Crippen LogP contribution in [0.4, 0.5) is 5.69 Å². The third-order valence-electron chi connectivity index (χ3n) is 7.22. The van der Waals surface area contributed by atoms with Crippen LogP contribution in [0.5, 0.6) is 0 Å². The zero-order valence-corrected chi connectivity index (χ0v) is 20.3. The van der Waals surface area contributed by atoms with E-state index < -0.39 is 22.1 Å². The highest BCUT2D eigenvalue weighted by molar-refractivity contribution is 9.09. The van der Waals surface area contributed by atoms with Gasteiger partial charge in [0.25, 0.3) is 0 Å². The smallest absolute Gasteiger partial charge is 0.338 e. The Balaban J connectivity index is 1.45. The fraction of sp³-hybridized carbons (Fsp3) is 0.250. The third-order valence-corrected chi connectivity index (χ3v) is 8.57. The van der Waals surface area contributed by atoms with Gasteiger partial charge in [0.05, 0.1) is 33.5 Å². The summed E-state index contributed by atoms with van der Waals surface area (Å²) in [5, 5.41) is 0. The van der Waals surface area contributed by atoms with Crippen LogP contribution in [0, 0.1) is 11.8 Å². The summed E-state index contributed by atoms with van der Waals surface area (Å²) in [6.45, 7) is 3.58. The van der Waals surface area contributed by atoms with Crippen molar-refractivity contribution in [2.45, 2.75) is 30.2 Å². The van der Waals surface area contributed by atoms with Gasteiger partial charge >= 0.3 is 5.97 Å². The molecule has 6 heteroatoms. The van der Waals surface area contributed by atoms with Gasteiger partial charge in [0.15, 0.2) is 0 Å². The standard InChI is InChI=1S/C28H22BrNO4/c1-15(2)34-27(33)16-11-13-17(14-12-16)30-25(31)23-22-18-7-3-5-9-20(18)28(29,24(23)26(30)32)21-10-6-4-8-19(21)22/h3-15,22-24H,1-2H3/t22?,23-,24-,28?/m1/s1. The topological polar surface area (TPSA) is 63.7 Å². The van der Waals surface area contributed by atoms with Crippen LogP contribution in [-0.2, 0) is 18.7 Å². The summed E-state index contributed by atoms with van der Waals surface area (Å²) in [6, 6.07) is 22.7. The molecule has 2 atom stereocenters. The molecule has 4 aliphatic rings. The summed E-state index contributed by atoms with van der Waals surface area (Å²) in [6.07, 6.45) is -0.231. The van der Waals surface area contributed by atoms with E-state index in [9.17, 15) is 14.4 Å². The maximum Gasteiger partial charge on any atom is 0.338 e. The van der Waals surface area contributed by atoms with Gasteiger partial charge in [0.2, 0.25) is 11.8 Å². The van der Waals surface area contributed by atoms with Crippen molar-refractivity contribution in [1.82, 2.24) is 0 Å². The lowest BCUT2D eigenvalue weighted by Gasteiger charge is -2.51. The highest BCUT2D eigenvalue weighted by Crippen LogP contribution is 2.66. The quantitative estimate of drug-likeness (QED) is 0.274. The molecule has 0 spiro atoms. The SMILES string of the molecule is CC(C)OC(=O)c1ccc(N2C(=O)[C@@H]3C4c5ccccc5C(Br)(c5ccccc54)[C@H]3C2=O)cc1. The number of benzene rings is 3. The number of carbonyl (C=O) groups excluding carboxylic acids is 3. The van der Waals surface area contributed by atoms with Gasteiger partial charge in [-0.15, -0.1) is 0 Å². The number of anilines is 1. The number of hydrogen-bond acceptors (Lipinski definition) is 4. The minimum atomic E-state index is -0.776. The van der Waals surface area contributed by atoms with Gasteiger partial charge in [0.1, 0.15) is 0 Å². The minimum Gasteiger partial charge on any atom is -0.459 e. The largest absolute Gasteiger partial charge is 0.459 e. The minimum absolute atomic E-state index is 0.182. The molecule has 3 aromatic carbocycles. The summed E-state index contributed by atoms with van der Waals surface area (Å²) < 4.78 is 4.47. The molecule has 1 saturated heterocycles. The van der Waals surface area contributed by atoms with Crippen LogP contribution in [0.2, 0.25) is 0 Å². The molecule has 7 rings (SSSR count). The fourth-order valence-corrected chi connectivity index (χ4v) is 7.17. The Kier molecular flexibility index (Phi) is 4.62. The molecule has 0 aromatic heterocycles. The lowest BCUT2D eigenvalue weighted by Crippen LogP contribution is -2.50. The van der Waals surface area contributed by atoms with E-state index in [-0.39, 0.29) is 23.8 Å².